The minimum atomic E-state index is -1.15. The Morgan fingerprint density at radius 3 is 2.89 bits per heavy atom. The number of likely N-dealkylation sites (N-methyl/N-ethyl adjacent to an activating group) is 1. The number of hydrogen-bond acceptors (Lipinski definition) is 6. The average molecular weight is 370 g/mol. The number of nitro groups is 1. The van der Waals surface area contributed by atoms with E-state index in [9.17, 15) is 10.1 Å². The minimum Gasteiger partial charge on any atom is -0.499 e. The fraction of sp³-hybridized carbons (Fsp3) is 0.368. The summed E-state index contributed by atoms with van der Waals surface area (Å²) in [6, 6.07) is 7.97. The van der Waals surface area contributed by atoms with Crippen LogP contribution < -0.4 is 11.1 Å². The standard InChI is InChI=1S/C19H22N4O4/c1-21-13-9-17(26-2)19(20,10-15(13)23(24)25)18-12-5-3-4-6-14(12)22-7-8-27-11-16(18)22/h3-6,9,21H,7-8,10-11,20H2,1-2H3. The molecular weight excluding hydrogens is 348 g/mol. The Labute approximate surface area is 156 Å². The third kappa shape index (κ3) is 2.52. The molecular formula is C19H22N4O4. The topological polar surface area (TPSA) is 105 Å². The highest BCUT2D eigenvalue weighted by Crippen LogP contribution is 2.44. The average Bonchev–Trinajstić information content (AvgIpc) is 3.02. The van der Waals surface area contributed by atoms with Gasteiger partial charge in [-0.05, 0) is 6.07 Å². The summed E-state index contributed by atoms with van der Waals surface area (Å²) in [6.45, 7) is 1.76. The molecule has 1 aliphatic heterocycles. The molecule has 8 heteroatoms. The Morgan fingerprint density at radius 1 is 1.41 bits per heavy atom. The van der Waals surface area contributed by atoms with E-state index in [0.29, 0.717) is 24.7 Å². The van der Waals surface area contributed by atoms with Crippen LogP contribution in [0.25, 0.3) is 10.9 Å². The van der Waals surface area contributed by atoms with E-state index in [2.05, 4.69) is 9.88 Å². The number of hydrogen-bond donors (Lipinski definition) is 2. The highest BCUT2D eigenvalue weighted by atomic mass is 16.6. The molecule has 1 unspecified atom stereocenters. The molecule has 142 valence electrons. The lowest BCUT2D eigenvalue weighted by molar-refractivity contribution is -0.430. The summed E-state index contributed by atoms with van der Waals surface area (Å²) in [5.74, 6) is 0.488. The number of aromatic nitrogens is 1. The zero-order valence-corrected chi connectivity index (χ0v) is 15.3. The predicted molar refractivity (Wildman–Crippen MR) is 100 cm³/mol. The second-order valence-electron chi connectivity index (χ2n) is 6.77. The Kier molecular flexibility index (Phi) is 4.16. The fourth-order valence-corrected chi connectivity index (χ4v) is 4.21. The number of para-hydroxylation sites is 1. The van der Waals surface area contributed by atoms with Gasteiger partial charge < -0.3 is 25.1 Å². The van der Waals surface area contributed by atoms with Gasteiger partial charge in [-0.15, -0.1) is 0 Å². The summed E-state index contributed by atoms with van der Waals surface area (Å²) in [5.41, 5.74) is 9.02. The molecule has 8 nitrogen and oxygen atoms in total. The van der Waals surface area contributed by atoms with E-state index < -0.39 is 5.54 Å². The summed E-state index contributed by atoms with van der Waals surface area (Å²) in [6.07, 6.45) is 1.65. The fourth-order valence-electron chi connectivity index (χ4n) is 4.21. The molecule has 0 bridgehead atoms. The highest BCUT2D eigenvalue weighted by molar-refractivity contribution is 5.87. The van der Waals surface area contributed by atoms with Crippen LogP contribution in [0, 0.1) is 10.1 Å². The smallest absolute Gasteiger partial charge is 0.271 e. The molecule has 0 amide bonds. The molecule has 4 rings (SSSR count). The molecule has 1 aromatic carbocycles. The number of benzene rings is 1. The van der Waals surface area contributed by atoms with Gasteiger partial charge in [-0.2, -0.15) is 0 Å². The number of allylic oxidation sites excluding steroid dienone is 1. The number of nitrogens with zero attached hydrogens (tertiary/aromatic N) is 2. The lowest BCUT2D eigenvalue weighted by atomic mass is 9.79. The van der Waals surface area contributed by atoms with E-state index in [4.69, 9.17) is 15.2 Å². The molecule has 2 aromatic rings. The molecule has 1 aliphatic carbocycles. The number of nitrogens with one attached hydrogen (secondary N) is 1. The summed E-state index contributed by atoms with van der Waals surface area (Å²) < 4.78 is 13.5. The Bertz CT molecular complexity index is 991. The third-order valence-electron chi connectivity index (χ3n) is 5.40. The van der Waals surface area contributed by atoms with Gasteiger partial charge in [0.2, 0.25) is 0 Å². The number of ether oxygens (including phenoxy) is 2. The molecule has 0 saturated carbocycles. The molecule has 1 aromatic heterocycles. The second-order valence-corrected chi connectivity index (χ2v) is 6.77. The number of nitrogens with two attached hydrogens (primary N) is 1. The van der Waals surface area contributed by atoms with Gasteiger partial charge in [-0.1, -0.05) is 18.2 Å². The molecule has 0 fully saturated rings. The highest BCUT2D eigenvalue weighted by Gasteiger charge is 2.46. The van der Waals surface area contributed by atoms with Gasteiger partial charge in [0, 0.05) is 36.1 Å². The van der Waals surface area contributed by atoms with Crippen molar-refractivity contribution >= 4 is 10.9 Å². The van der Waals surface area contributed by atoms with Gasteiger partial charge in [0.05, 0.1) is 37.4 Å². The molecule has 0 radical (unpaired) electrons. The lowest BCUT2D eigenvalue weighted by Crippen LogP contribution is -2.44. The number of rotatable bonds is 4. The number of fused-ring (bicyclic) bond motifs is 3. The largest absolute Gasteiger partial charge is 0.499 e. The first-order valence-electron chi connectivity index (χ1n) is 8.80. The lowest BCUT2D eigenvalue weighted by Gasteiger charge is -2.34. The summed E-state index contributed by atoms with van der Waals surface area (Å²) in [4.78, 5) is 11.3. The first kappa shape index (κ1) is 17.6. The van der Waals surface area contributed by atoms with Gasteiger partial charge in [0.15, 0.2) is 0 Å². The van der Waals surface area contributed by atoms with E-state index in [1.54, 1.807) is 20.2 Å². The Balaban J connectivity index is 1.99. The molecule has 2 heterocycles. The van der Waals surface area contributed by atoms with Crippen LogP contribution in [-0.2, 0) is 28.2 Å². The van der Waals surface area contributed by atoms with Gasteiger partial charge in [-0.3, -0.25) is 10.1 Å². The van der Waals surface area contributed by atoms with Crippen LogP contribution in [0.15, 0.2) is 47.5 Å². The zero-order valence-electron chi connectivity index (χ0n) is 15.3. The summed E-state index contributed by atoms with van der Waals surface area (Å²) in [5, 5.41) is 15.5. The van der Waals surface area contributed by atoms with Crippen molar-refractivity contribution in [1.29, 1.82) is 0 Å². The van der Waals surface area contributed by atoms with Crippen molar-refractivity contribution in [3.05, 3.63) is 68.9 Å². The normalized spacial score (nSPS) is 22.4. The van der Waals surface area contributed by atoms with Crippen molar-refractivity contribution in [2.75, 3.05) is 20.8 Å². The van der Waals surface area contributed by atoms with E-state index in [0.717, 1.165) is 28.7 Å². The van der Waals surface area contributed by atoms with Crippen molar-refractivity contribution in [2.24, 2.45) is 5.73 Å². The maximum absolute atomic E-state index is 11.7. The number of methoxy groups -OCH3 is 1. The SMILES string of the molecule is CNC1=C([N+](=O)[O-])CC(N)(c2c3n(c4ccccc24)CCOC3)C(OC)=C1. The maximum atomic E-state index is 11.7. The van der Waals surface area contributed by atoms with Crippen LogP contribution in [0.1, 0.15) is 17.7 Å². The molecule has 27 heavy (non-hydrogen) atoms. The van der Waals surface area contributed by atoms with Crippen molar-refractivity contribution in [1.82, 2.24) is 9.88 Å². The van der Waals surface area contributed by atoms with E-state index in [-0.39, 0.29) is 17.0 Å². The van der Waals surface area contributed by atoms with Gasteiger partial charge in [0.1, 0.15) is 17.0 Å². The summed E-state index contributed by atoms with van der Waals surface area (Å²) in [7, 11) is 3.19. The van der Waals surface area contributed by atoms with Crippen molar-refractivity contribution in [2.45, 2.75) is 25.1 Å². The molecule has 3 N–H and O–H groups in total. The first-order valence-corrected chi connectivity index (χ1v) is 8.80. The quantitative estimate of drug-likeness (QED) is 0.630. The monoisotopic (exact) mass is 370 g/mol. The molecule has 0 spiro atoms. The van der Waals surface area contributed by atoms with Gasteiger partial charge in [0.25, 0.3) is 5.70 Å². The molecule has 2 aliphatic rings. The van der Waals surface area contributed by atoms with E-state index in [1.165, 1.54) is 0 Å². The summed E-state index contributed by atoms with van der Waals surface area (Å²) >= 11 is 0. The van der Waals surface area contributed by atoms with E-state index in [1.807, 2.05) is 24.3 Å². The van der Waals surface area contributed by atoms with Crippen LogP contribution in [0.3, 0.4) is 0 Å². The maximum Gasteiger partial charge on any atom is 0.271 e. The molecule has 1 atom stereocenters. The predicted octanol–water partition coefficient (Wildman–Crippen LogP) is 1.97. The van der Waals surface area contributed by atoms with Crippen molar-refractivity contribution < 1.29 is 14.4 Å². The van der Waals surface area contributed by atoms with Gasteiger partial charge >= 0.3 is 0 Å². The van der Waals surface area contributed by atoms with Crippen LogP contribution in [0.2, 0.25) is 0 Å². The second kappa shape index (κ2) is 6.40. The van der Waals surface area contributed by atoms with Crippen LogP contribution in [0.5, 0.6) is 0 Å². The molecule has 0 saturated heterocycles. The van der Waals surface area contributed by atoms with Crippen LogP contribution in [-0.4, -0.2) is 30.3 Å². The van der Waals surface area contributed by atoms with Crippen LogP contribution in [0.4, 0.5) is 0 Å². The Morgan fingerprint density at radius 2 is 2.19 bits per heavy atom. The first-order chi connectivity index (χ1) is 13.0. The van der Waals surface area contributed by atoms with Crippen molar-refractivity contribution in [3.63, 3.8) is 0 Å². The van der Waals surface area contributed by atoms with Crippen molar-refractivity contribution in [3.8, 4) is 0 Å². The van der Waals surface area contributed by atoms with Gasteiger partial charge in [-0.25, -0.2) is 0 Å². The van der Waals surface area contributed by atoms with E-state index >= 15 is 0 Å². The Hall–Kier alpha value is -2.84. The zero-order chi connectivity index (χ0) is 19.2. The third-order valence-corrected chi connectivity index (χ3v) is 5.40. The van der Waals surface area contributed by atoms with Crippen LogP contribution >= 0.6 is 0 Å². The minimum absolute atomic E-state index is 0.0247.